The zero-order chi connectivity index (χ0) is 15.5. The molecule has 1 aromatic carbocycles. The van der Waals surface area contributed by atoms with Crippen LogP contribution in [0.5, 0.6) is 17.5 Å². The van der Waals surface area contributed by atoms with E-state index in [9.17, 15) is 18.0 Å². The van der Waals surface area contributed by atoms with E-state index in [-0.39, 0.29) is 11.3 Å². The first-order valence-corrected chi connectivity index (χ1v) is 5.58. The van der Waals surface area contributed by atoms with Gasteiger partial charge in [-0.2, -0.15) is 4.98 Å². The summed E-state index contributed by atoms with van der Waals surface area (Å²) in [6.45, 7) is 0. The van der Waals surface area contributed by atoms with E-state index in [4.69, 9.17) is 9.84 Å². The molecule has 0 aliphatic rings. The van der Waals surface area contributed by atoms with Crippen molar-refractivity contribution in [1.29, 1.82) is 0 Å². The second kappa shape index (κ2) is 5.70. The lowest BCUT2D eigenvalue weighted by Crippen LogP contribution is -2.18. The number of aromatic carboxylic acids is 1. The van der Waals surface area contributed by atoms with Crippen LogP contribution in [0.4, 0.5) is 13.2 Å². The van der Waals surface area contributed by atoms with Crippen LogP contribution < -0.4 is 9.47 Å². The van der Waals surface area contributed by atoms with Crippen LogP contribution in [0.1, 0.15) is 10.4 Å². The molecular formula is C13H8F3NO4. The summed E-state index contributed by atoms with van der Waals surface area (Å²) in [5.74, 6) is -2.45. The first kappa shape index (κ1) is 14.6. The van der Waals surface area contributed by atoms with Crippen LogP contribution in [-0.4, -0.2) is 22.4 Å². The number of rotatable bonds is 4. The first-order valence-electron chi connectivity index (χ1n) is 5.58. The predicted octanol–water partition coefficient (Wildman–Crippen LogP) is 3.47. The number of para-hydroxylation sites is 1. The third kappa shape index (κ3) is 4.10. The van der Waals surface area contributed by atoms with E-state index in [1.807, 2.05) is 0 Å². The summed E-state index contributed by atoms with van der Waals surface area (Å²) in [4.78, 5) is 14.5. The fraction of sp³-hybridized carbons (Fsp3) is 0.0769. The quantitative estimate of drug-likeness (QED) is 0.936. The Morgan fingerprint density at radius 2 is 1.76 bits per heavy atom. The second-order valence-corrected chi connectivity index (χ2v) is 3.77. The summed E-state index contributed by atoms with van der Waals surface area (Å²) in [6, 6.07) is 9.66. The lowest BCUT2D eigenvalue weighted by atomic mass is 10.2. The third-order valence-corrected chi connectivity index (χ3v) is 2.24. The number of hydrogen-bond donors (Lipinski definition) is 1. The van der Waals surface area contributed by atoms with Crippen molar-refractivity contribution in [3.63, 3.8) is 0 Å². The van der Waals surface area contributed by atoms with Gasteiger partial charge in [-0.1, -0.05) is 18.2 Å². The molecule has 0 unspecified atom stereocenters. The summed E-state index contributed by atoms with van der Waals surface area (Å²) in [5, 5.41) is 8.98. The molecule has 8 heteroatoms. The van der Waals surface area contributed by atoms with Crippen LogP contribution in [0, 0.1) is 0 Å². The molecule has 0 aliphatic carbocycles. The van der Waals surface area contributed by atoms with Crippen molar-refractivity contribution in [3.05, 3.63) is 48.0 Å². The Morgan fingerprint density at radius 3 is 2.33 bits per heavy atom. The van der Waals surface area contributed by atoms with Gasteiger partial charge in [-0.3, -0.25) is 0 Å². The number of ether oxygens (including phenoxy) is 2. The molecule has 0 fully saturated rings. The van der Waals surface area contributed by atoms with Gasteiger partial charge in [0, 0.05) is 6.07 Å². The van der Waals surface area contributed by atoms with Gasteiger partial charge in [0.15, 0.2) is 0 Å². The van der Waals surface area contributed by atoms with Crippen LogP contribution in [0.3, 0.4) is 0 Å². The number of nitrogens with zero attached hydrogens (tertiary/aromatic N) is 1. The molecule has 0 amide bonds. The van der Waals surface area contributed by atoms with Gasteiger partial charge in [0.2, 0.25) is 11.8 Å². The molecule has 5 nitrogen and oxygen atoms in total. The average molecular weight is 299 g/mol. The molecule has 2 rings (SSSR count). The number of carbonyl (C=O) groups is 1. The van der Waals surface area contributed by atoms with Gasteiger partial charge >= 0.3 is 12.3 Å². The molecule has 2 aromatic rings. The van der Waals surface area contributed by atoms with Crippen molar-refractivity contribution < 1.29 is 32.5 Å². The minimum Gasteiger partial charge on any atom is -0.477 e. The van der Waals surface area contributed by atoms with Crippen molar-refractivity contribution in [2.45, 2.75) is 6.36 Å². The third-order valence-electron chi connectivity index (χ3n) is 2.24. The Kier molecular flexibility index (Phi) is 3.97. The number of alkyl halides is 3. The van der Waals surface area contributed by atoms with Gasteiger partial charge in [-0.05, 0) is 18.2 Å². The SMILES string of the molecule is O=C(O)c1ccc(OC(F)(F)F)nc1Oc1ccccc1. The van der Waals surface area contributed by atoms with Gasteiger partial charge in [0.1, 0.15) is 11.3 Å². The van der Waals surface area contributed by atoms with Gasteiger partial charge in [-0.25, -0.2) is 4.79 Å². The van der Waals surface area contributed by atoms with E-state index in [1.54, 1.807) is 18.2 Å². The van der Waals surface area contributed by atoms with Crippen molar-refractivity contribution >= 4 is 5.97 Å². The maximum absolute atomic E-state index is 12.1. The van der Waals surface area contributed by atoms with Crippen LogP contribution >= 0.6 is 0 Å². The molecule has 0 spiro atoms. The van der Waals surface area contributed by atoms with Crippen molar-refractivity contribution in [1.82, 2.24) is 4.98 Å². The Morgan fingerprint density at radius 1 is 1.10 bits per heavy atom. The predicted molar refractivity (Wildman–Crippen MR) is 64.4 cm³/mol. The number of halogens is 3. The number of aromatic nitrogens is 1. The van der Waals surface area contributed by atoms with E-state index >= 15 is 0 Å². The van der Waals surface area contributed by atoms with Crippen molar-refractivity contribution in [2.75, 3.05) is 0 Å². The highest BCUT2D eigenvalue weighted by atomic mass is 19.4. The van der Waals surface area contributed by atoms with E-state index in [2.05, 4.69) is 9.72 Å². The lowest BCUT2D eigenvalue weighted by molar-refractivity contribution is -0.276. The number of benzene rings is 1. The van der Waals surface area contributed by atoms with E-state index in [0.29, 0.717) is 0 Å². The summed E-state index contributed by atoms with van der Waals surface area (Å²) in [7, 11) is 0. The van der Waals surface area contributed by atoms with Crippen LogP contribution in [-0.2, 0) is 0 Å². The Hall–Kier alpha value is -2.77. The number of hydrogen-bond acceptors (Lipinski definition) is 4. The normalized spacial score (nSPS) is 11.0. The topological polar surface area (TPSA) is 68.7 Å². The molecule has 21 heavy (non-hydrogen) atoms. The van der Waals surface area contributed by atoms with Crippen molar-refractivity contribution in [3.8, 4) is 17.5 Å². The van der Waals surface area contributed by atoms with Gasteiger partial charge in [0.25, 0.3) is 0 Å². The summed E-state index contributed by atoms with van der Waals surface area (Å²) >= 11 is 0. The smallest absolute Gasteiger partial charge is 0.477 e. The summed E-state index contributed by atoms with van der Waals surface area (Å²) in [5.41, 5.74) is -0.381. The largest absolute Gasteiger partial charge is 0.574 e. The van der Waals surface area contributed by atoms with Crippen LogP contribution in [0.2, 0.25) is 0 Å². The maximum Gasteiger partial charge on any atom is 0.574 e. The summed E-state index contributed by atoms with van der Waals surface area (Å²) in [6.07, 6.45) is -4.93. The zero-order valence-corrected chi connectivity index (χ0v) is 10.3. The van der Waals surface area contributed by atoms with Gasteiger partial charge in [0.05, 0.1) is 0 Å². The highest BCUT2D eigenvalue weighted by molar-refractivity contribution is 5.90. The maximum atomic E-state index is 12.1. The molecule has 0 radical (unpaired) electrons. The summed E-state index contributed by atoms with van der Waals surface area (Å²) < 4.78 is 45.2. The highest BCUT2D eigenvalue weighted by Gasteiger charge is 2.32. The van der Waals surface area contributed by atoms with Gasteiger partial charge in [-0.15, -0.1) is 13.2 Å². The van der Waals surface area contributed by atoms with Gasteiger partial charge < -0.3 is 14.6 Å². The molecule has 0 saturated carbocycles. The molecule has 1 N–H and O–H groups in total. The fourth-order valence-electron chi connectivity index (χ4n) is 1.44. The second-order valence-electron chi connectivity index (χ2n) is 3.77. The lowest BCUT2D eigenvalue weighted by Gasteiger charge is -2.11. The highest BCUT2D eigenvalue weighted by Crippen LogP contribution is 2.28. The molecular weight excluding hydrogens is 291 g/mol. The molecule has 1 heterocycles. The number of carboxylic acid groups (broad SMARTS) is 1. The van der Waals surface area contributed by atoms with E-state index in [0.717, 1.165) is 12.1 Å². The van der Waals surface area contributed by atoms with E-state index < -0.39 is 24.1 Å². The Balaban J connectivity index is 2.35. The minimum atomic E-state index is -4.93. The molecule has 0 bridgehead atoms. The average Bonchev–Trinajstić information content (AvgIpc) is 2.37. The monoisotopic (exact) mass is 299 g/mol. The standard InChI is InChI=1S/C13H8F3NO4/c14-13(15,16)21-10-7-6-9(12(18)19)11(17-10)20-8-4-2-1-3-5-8/h1-7H,(H,18,19). The molecule has 0 aliphatic heterocycles. The Bertz CT molecular complexity index is 644. The van der Waals surface area contributed by atoms with Crippen LogP contribution in [0.15, 0.2) is 42.5 Å². The minimum absolute atomic E-state index is 0.233. The van der Waals surface area contributed by atoms with Crippen molar-refractivity contribution in [2.24, 2.45) is 0 Å². The van der Waals surface area contributed by atoms with Crippen LogP contribution in [0.25, 0.3) is 0 Å². The number of pyridine rings is 1. The van der Waals surface area contributed by atoms with E-state index in [1.165, 1.54) is 12.1 Å². The fourth-order valence-corrected chi connectivity index (χ4v) is 1.44. The molecule has 110 valence electrons. The number of carboxylic acids is 1. The molecule has 0 atom stereocenters. The Labute approximate surface area is 116 Å². The zero-order valence-electron chi connectivity index (χ0n) is 10.3. The molecule has 1 aromatic heterocycles. The molecule has 0 saturated heterocycles. The first-order chi connectivity index (χ1) is 9.85.